The second-order valence-electron chi connectivity index (χ2n) is 4.91. The molecule has 0 aliphatic heterocycles. The van der Waals surface area contributed by atoms with Gasteiger partial charge in [-0.3, -0.25) is 0 Å². The van der Waals surface area contributed by atoms with Gasteiger partial charge in [0.1, 0.15) is 5.97 Å². The van der Waals surface area contributed by atoms with E-state index in [2.05, 4.69) is 0 Å². The Morgan fingerprint density at radius 1 is 1.33 bits per heavy atom. The summed E-state index contributed by atoms with van der Waals surface area (Å²) in [7, 11) is 0. The first-order chi connectivity index (χ1) is 9.66. The molecule has 1 aromatic carbocycles. The second kappa shape index (κ2) is 7.15. The van der Waals surface area contributed by atoms with Crippen molar-refractivity contribution < 1.29 is 28.2 Å². The van der Waals surface area contributed by atoms with E-state index in [9.17, 15) is 23.5 Å². The Kier molecular flexibility index (Phi) is 6.06. The Balaban J connectivity index is 2.99. The molecule has 0 fully saturated rings. The molecule has 1 aromatic rings. The van der Waals surface area contributed by atoms with Gasteiger partial charge in [-0.05, 0) is 47.1 Å². The quantitative estimate of drug-likeness (QED) is 0.532. The number of alkyl halides is 2. The normalized spacial score (nSPS) is 13.0. The van der Waals surface area contributed by atoms with Crippen molar-refractivity contribution in [1.29, 1.82) is 0 Å². The highest BCUT2D eigenvalue weighted by Gasteiger charge is 2.44. The van der Waals surface area contributed by atoms with Crippen LogP contribution in [0.4, 0.5) is 8.78 Å². The van der Waals surface area contributed by atoms with Crippen LogP contribution in [0.2, 0.25) is 0 Å². The van der Waals surface area contributed by atoms with Crippen LogP contribution in [0.15, 0.2) is 24.3 Å². The fourth-order valence-corrected chi connectivity index (χ4v) is 2.26. The van der Waals surface area contributed by atoms with Crippen LogP contribution in [0.25, 0.3) is 0 Å². The first-order valence-electron chi connectivity index (χ1n) is 6.21. The first kappa shape index (κ1) is 17.8. The smallest absolute Gasteiger partial charge is 0.339 e. The lowest BCUT2D eigenvalue weighted by molar-refractivity contribution is -0.336. The van der Waals surface area contributed by atoms with Crippen molar-refractivity contribution in [1.82, 2.24) is 0 Å². The molecule has 0 spiro atoms. The number of carbonyl (C=O) groups is 2. The van der Waals surface area contributed by atoms with Gasteiger partial charge in [0.05, 0.1) is 5.56 Å². The van der Waals surface area contributed by atoms with Crippen molar-refractivity contribution >= 4 is 34.5 Å². The van der Waals surface area contributed by atoms with Crippen molar-refractivity contribution in [3.63, 3.8) is 0 Å². The topological polar surface area (TPSA) is 66.4 Å². The number of hydrogen-bond acceptors (Lipinski definition) is 4. The van der Waals surface area contributed by atoms with Gasteiger partial charge in [-0.2, -0.15) is 8.78 Å². The Morgan fingerprint density at radius 2 is 1.90 bits per heavy atom. The minimum absolute atomic E-state index is 0.112. The number of carbonyl (C=O) groups excluding carboxylic acids is 2. The van der Waals surface area contributed by atoms with E-state index in [0.717, 1.165) is 0 Å². The minimum atomic E-state index is -4.24. The van der Waals surface area contributed by atoms with Crippen LogP contribution in [0.3, 0.4) is 0 Å². The zero-order chi connectivity index (χ0) is 16.2. The number of aliphatic carboxylic acids is 1. The van der Waals surface area contributed by atoms with Gasteiger partial charge in [-0.1, -0.05) is 26.0 Å². The summed E-state index contributed by atoms with van der Waals surface area (Å²) in [6, 6.07) is 6.28. The average Bonchev–Trinajstić information content (AvgIpc) is 2.37. The highest BCUT2D eigenvalue weighted by molar-refractivity contribution is 14.1. The summed E-state index contributed by atoms with van der Waals surface area (Å²) in [6.45, 7) is 3.25. The van der Waals surface area contributed by atoms with Gasteiger partial charge in [0, 0.05) is 3.57 Å². The molecule has 0 amide bonds. The maximum absolute atomic E-state index is 13.6. The van der Waals surface area contributed by atoms with E-state index in [1.165, 1.54) is 6.07 Å². The molecule has 0 heterocycles. The number of benzene rings is 1. The number of carboxylic acids is 1. The molecule has 0 saturated carbocycles. The van der Waals surface area contributed by atoms with E-state index >= 15 is 0 Å². The van der Waals surface area contributed by atoms with Gasteiger partial charge < -0.3 is 14.6 Å². The third kappa shape index (κ3) is 4.62. The fourth-order valence-electron chi connectivity index (χ4n) is 1.65. The third-order valence-corrected chi connectivity index (χ3v) is 3.65. The van der Waals surface area contributed by atoms with Gasteiger partial charge >= 0.3 is 11.9 Å². The van der Waals surface area contributed by atoms with E-state index in [0.29, 0.717) is 3.57 Å². The fraction of sp³-hybridized carbons (Fsp3) is 0.429. The number of hydrogen-bond donors (Lipinski definition) is 0. The zero-order valence-corrected chi connectivity index (χ0v) is 13.6. The SMILES string of the molecule is CC(C)CC(OC(=O)c1ccccc1I)C(F)(F)C(=O)[O-]. The molecule has 0 aliphatic carbocycles. The first-order valence-corrected chi connectivity index (χ1v) is 7.29. The summed E-state index contributed by atoms with van der Waals surface area (Å²) in [5, 5.41) is 10.6. The average molecular weight is 411 g/mol. The van der Waals surface area contributed by atoms with Gasteiger partial charge in [-0.15, -0.1) is 0 Å². The summed E-state index contributed by atoms with van der Waals surface area (Å²) in [5.74, 6) is -8.04. The molecule has 0 N–H and O–H groups in total. The summed E-state index contributed by atoms with van der Waals surface area (Å²) >= 11 is 1.87. The molecule has 0 bridgehead atoms. The van der Waals surface area contributed by atoms with E-state index in [4.69, 9.17) is 4.74 Å². The molecule has 0 radical (unpaired) electrons. The predicted molar refractivity (Wildman–Crippen MR) is 77.8 cm³/mol. The summed E-state index contributed by atoms with van der Waals surface area (Å²) in [5.41, 5.74) is 0.112. The molecule has 116 valence electrons. The van der Waals surface area contributed by atoms with Crippen LogP contribution < -0.4 is 5.11 Å². The number of halogens is 3. The van der Waals surface area contributed by atoms with Crippen LogP contribution >= 0.6 is 22.6 Å². The van der Waals surface area contributed by atoms with Crippen molar-refractivity contribution in [2.75, 3.05) is 0 Å². The lowest BCUT2D eigenvalue weighted by atomic mass is 10.0. The van der Waals surface area contributed by atoms with E-state index in [1.807, 2.05) is 22.6 Å². The van der Waals surface area contributed by atoms with Crippen molar-refractivity contribution in [3.05, 3.63) is 33.4 Å². The Bertz CT molecular complexity index is 531. The van der Waals surface area contributed by atoms with Crippen molar-refractivity contribution in [3.8, 4) is 0 Å². The zero-order valence-electron chi connectivity index (χ0n) is 11.4. The maximum Gasteiger partial charge on any atom is 0.339 e. The summed E-state index contributed by atoms with van der Waals surface area (Å²) in [6.07, 6.45) is -2.35. The van der Waals surface area contributed by atoms with Crippen molar-refractivity contribution in [2.24, 2.45) is 5.92 Å². The van der Waals surface area contributed by atoms with Crippen LogP contribution in [0.1, 0.15) is 30.6 Å². The molecule has 4 nitrogen and oxygen atoms in total. The number of ether oxygens (including phenoxy) is 1. The number of esters is 1. The van der Waals surface area contributed by atoms with Crippen LogP contribution in [-0.4, -0.2) is 24.0 Å². The van der Waals surface area contributed by atoms with Crippen molar-refractivity contribution in [2.45, 2.75) is 32.3 Å². The lowest BCUT2D eigenvalue weighted by Crippen LogP contribution is -2.51. The van der Waals surface area contributed by atoms with Crippen LogP contribution in [0.5, 0.6) is 0 Å². The van der Waals surface area contributed by atoms with Gasteiger partial charge in [0.15, 0.2) is 6.10 Å². The Hall–Kier alpha value is -1.25. The molecule has 0 saturated heterocycles. The summed E-state index contributed by atoms with van der Waals surface area (Å²) < 4.78 is 32.5. The molecule has 0 aliphatic rings. The molecule has 21 heavy (non-hydrogen) atoms. The largest absolute Gasteiger partial charge is 0.544 e. The van der Waals surface area contributed by atoms with Crippen LogP contribution in [-0.2, 0) is 9.53 Å². The van der Waals surface area contributed by atoms with E-state index < -0.39 is 24.0 Å². The Labute approximate surface area is 134 Å². The molecule has 1 unspecified atom stereocenters. The predicted octanol–water partition coefficient (Wildman–Crippen LogP) is 2.25. The van der Waals surface area contributed by atoms with Gasteiger partial charge in [0.25, 0.3) is 0 Å². The molecular weight excluding hydrogens is 397 g/mol. The minimum Gasteiger partial charge on any atom is -0.544 e. The molecule has 1 atom stereocenters. The van der Waals surface area contributed by atoms with E-state index in [1.54, 1.807) is 32.0 Å². The monoisotopic (exact) mass is 411 g/mol. The lowest BCUT2D eigenvalue weighted by Gasteiger charge is -2.28. The third-order valence-electron chi connectivity index (χ3n) is 2.71. The molecule has 0 aromatic heterocycles. The standard InChI is InChI=1S/C14H15F2IO4/c1-8(2)7-11(14(15,16)13(19)20)21-12(18)9-5-3-4-6-10(9)17/h3-6,8,11H,7H2,1-2H3,(H,19,20)/p-1. The number of rotatable bonds is 6. The maximum atomic E-state index is 13.6. The highest BCUT2D eigenvalue weighted by atomic mass is 127. The number of carboxylic acid groups (broad SMARTS) is 1. The van der Waals surface area contributed by atoms with Crippen LogP contribution in [0, 0.1) is 9.49 Å². The van der Waals surface area contributed by atoms with Gasteiger partial charge in [-0.25, -0.2) is 4.79 Å². The summed E-state index contributed by atoms with van der Waals surface area (Å²) in [4.78, 5) is 22.5. The van der Waals surface area contributed by atoms with E-state index in [-0.39, 0.29) is 17.9 Å². The molecule has 1 rings (SSSR count). The Morgan fingerprint density at radius 3 is 2.38 bits per heavy atom. The molecule has 7 heteroatoms. The second-order valence-corrected chi connectivity index (χ2v) is 6.08. The van der Waals surface area contributed by atoms with Gasteiger partial charge in [0.2, 0.25) is 0 Å². The molecular formula is C14H14F2IO4-. The highest BCUT2D eigenvalue weighted by Crippen LogP contribution is 2.27.